The maximum absolute atomic E-state index is 12.1. The molecule has 6 heteroatoms. The number of thioether (sulfide) groups is 1. The summed E-state index contributed by atoms with van der Waals surface area (Å²) >= 11 is 4.85. The van der Waals surface area contributed by atoms with E-state index in [0.29, 0.717) is 12.3 Å². The predicted octanol–water partition coefficient (Wildman–Crippen LogP) is 4.60. The van der Waals surface area contributed by atoms with E-state index in [1.54, 1.807) is 6.08 Å². The van der Waals surface area contributed by atoms with Crippen molar-refractivity contribution in [2.24, 2.45) is 5.41 Å². The van der Waals surface area contributed by atoms with Gasteiger partial charge in [-0.25, -0.2) is 0 Å². The number of Topliss-reactive ketones (excluding diaryl/α,β-unsaturated/α-hetero) is 1. The summed E-state index contributed by atoms with van der Waals surface area (Å²) in [6, 6.07) is 7.92. The largest absolute Gasteiger partial charge is 0.298 e. The van der Waals surface area contributed by atoms with Gasteiger partial charge in [-0.05, 0) is 12.1 Å². The third-order valence-electron chi connectivity index (χ3n) is 3.30. The third kappa shape index (κ3) is 4.54. The molecule has 0 aliphatic carbocycles. The Morgan fingerprint density at radius 1 is 1.30 bits per heavy atom. The number of ketones is 1. The van der Waals surface area contributed by atoms with Gasteiger partial charge in [0.05, 0.1) is 5.75 Å². The normalized spacial score (nSPS) is 11.5. The molecule has 0 fully saturated rings. The van der Waals surface area contributed by atoms with E-state index in [0.717, 1.165) is 21.0 Å². The highest BCUT2D eigenvalue weighted by Gasteiger charge is 2.22. The molecular formula is C17H20BrN3OS. The number of halogens is 1. The van der Waals surface area contributed by atoms with Crippen molar-refractivity contribution in [1.29, 1.82) is 0 Å². The first kappa shape index (κ1) is 17.9. The number of aromatic nitrogens is 3. The lowest BCUT2D eigenvalue weighted by Gasteiger charge is -2.16. The number of nitrogens with zero attached hydrogens (tertiary/aromatic N) is 3. The molecule has 0 aliphatic heterocycles. The molecule has 0 radical (unpaired) electrons. The summed E-state index contributed by atoms with van der Waals surface area (Å²) in [5, 5.41) is 9.28. The number of allylic oxidation sites excluding steroid dienone is 1. The minimum Gasteiger partial charge on any atom is -0.298 e. The van der Waals surface area contributed by atoms with Crippen LogP contribution in [0.2, 0.25) is 0 Å². The van der Waals surface area contributed by atoms with Gasteiger partial charge in [0.15, 0.2) is 11.0 Å². The Morgan fingerprint density at radius 2 is 1.96 bits per heavy atom. The number of hydrogen-bond donors (Lipinski definition) is 0. The Hall–Kier alpha value is -1.40. The lowest BCUT2D eigenvalue weighted by molar-refractivity contribution is -0.123. The van der Waals surface area contributed by atoms with Crippen LogP contribution in [0.4, 0.5) is 0 Å². The van der Waals surface area contributed by atoms with E-state index in [-0.39, 0.29) is 11.2 Å². The van der Waals surface area contributed by atoms with Gasteiger partial charge in [-0.2, -0.15) is 0 Å². The lowest BCUT2D eigenvalue weighted by Crippen LogP contribution is -2.22. The molecule has 23 heavy (non-hydrogen) atoms. The van der Waals surface area contributed by atoms with Crippen molar-refractivity contribution in [2.45, 2.75) is 32.5 Å². The zero-order chi connectivity index (χ0) is 17.0. The summed E-state index contributed by atoms with van der Waals surface area (Å²) in [4.78, 5) is 12.1. The first-order valence-electron chi connectivity index (χ1n) is 7.29. The summed E-state index contributed by atoms with van der Waals surface area (Å²) in [5.41, 5.74) is 0.640. The van der Waals surface area contributed by atoms with Crippen molar-refractivity contribution in [3.63, 3.8) is 0 Å². The van der Waals surface area contributed by atoms with Crippen molar-refractivity contribution >= 4 is 33.5 Å². The summed E-state index contributed by atoms with van der Waals surface area (Å²) in [7, 11) is 0. The van der Waals surface area contributed by atoms with Crippen LogP contribution in [0.25, 0.3) is 11.4 Å². The van der Waals surface area contributed by atoms with Gasteiger partial charge in [0, 0.05) is 22.0 Å². The third-order valence-corrected chi connectivity index (χ3v) is 4.80. The Labute approximate surface area is 149 Å². The van der Waals surface area contributed by atoms with Gasteiger partial charge < -0.3 is 0 Å². The molecule has 0 amide bonds. The molecule has 0 N–H and O–H groups in total. The minimum absolute atomic E-state index is 0.195. The quantitative estimate of drug-likeness (QED) is 0.531. The highest BCUT2D eigenvalue weighted by molar-refractivity contribution is 9.10. The second kappa shape index (κ2) is 7.45. The fourth-order valence-corrected chi connectivity index (χ4v) is 3.22. The van der Waals surface area contributed by atoms with Crippen LogP contribution in [0.5, 0.6) is 0 Å². The lowest BCUT2D eigenvalue weighted by atomic mass is 9.92. The first-order valence-corrected chi connectivity index (χ1v) is 9.07. The molecule has 122 valence electrons. The standard InChI is InChI=1S/C17H20BrN3OS/c1-5-10-21-15(12-6-8-13(18)9-7-12)19-20-16(21)23-11-14(22)17(2,3)4/h5-9H,1,10-11H2,2-4H3. The molecule has 0 saturated heterocycles. The number of rotatable bonds is 6. The molecule has 0 saturated carbocycles. The van der Waals surface area contributed by atoms with Gasteiger partial charge in [0.1, 0.15) is 5.78 Å². The molecule has 4 nitrogen and oxygen atoms in total. The Kier molecular flexibility index (Phi) is 5.81. The zero-order valence-electron chi connectivity index (χ0n) is 13.5. The highest BCUT2D eigenvalue weighted by Crippen LogP contribution is 2.27. The number of carbonyl (C=O) groups is 1. The molecule has 1 aromatic heterocycles. The monoisotopic (exact) mass is 393 g/mol. The van der Waals surface area contributed by atoms with Crippen LogP contribution in [0.15, 0.2) is 46.5 Å². The molecular weight excluding hydrogens is 374 g/mol. The van der Waals surface area contributed by atoms with Crippen LogP contribution < -0.4 is 0 Å². The molecule has 0 spiro atoms. The van der Waals surface area contributed by atoms with E-state index < -0.39 is 0 Å². The van der Waals surface area contributed by atoms with Gasteiger partial charge >= 0.3 is 0 Å². The van der Waals surface area contributed by atoms with Crippen molar-refractivity contribution in [2.75, 3.05) is 5.75 Å². The Balaban J connectivity index is 2.26. The summed E-state index contributed by atoms with van der Waals surface area (Å²) in [5.74, 6) is 1.36. The highest BCUT2D eigenvalue weighted by atomic mass is 79.9. The van der Waals surface area contributed by atoms with Crippen LogP contribution in [-0.4, -0.2) is 26.3 Å². The van der Waals surface area contributed by atoms with Gasteiger partial charge in [0.2, 0.25) is 0 Å². The molecule has 0 aliphatic rings. The van der Waals surface area contributed by atoms with E-state index in [2.05, 4.69) is 32.7 Å². The van der Waals surface area contributed by atoms with Gasteiger partial charge in [-0.15, -0.1) is 16.8 Å². The molecule has 1 aromatic carbocycles. The van der Waals surface area contributed by atoms with E-state index in [1.165, 1.54) is 11.8 Å². The summed E-state index contributed by atoms with van der Waals surface area (Å²) in [6.45, 7) is 10.2. The first-order chi connectivity index (χ1) is 10.8. The van der Waals surface area contributed by atoms with Gasteiger partial charge in [-0.3, -0.25) is 9.36 Å². The van der Waals surface area contributed by atoms with E-state index >= 15 is 0 Å². The van der Waals surface area contributed by atoms with E-state index in [9.17, 15) is 4.79 Å². The van der Waals surface area contributed by atoms with Crippen molar-refractivity contribution in [3.8, 4) is 11.4 Å². The summed E-state index contributed by atoms with van der Waals surface area (Å²) in [6.07, 6.45) is 1.81. The Morgan fingerprint density at radius 3 is 2.52 bits per heavy atom. The topological polar surface area (TPSA) is 47.8 Å². The van der Waals surface area contributed by atoms with Crippen LogP contribution in [0.1, 0.15) is 20.8 Å². The van der Waals surface area contributed by atoms with Crippen LogP contribution in [0.3, 0.4) is 0 Å². The fraction of sp³-hybridized carbons (Fsp3) is 0.353. The molecule has 0 atom stereocenters. The number of carbonyl (C=O) groups excluding carboxylic acids is 1. The smallest absolute Gasteiger partial charge is 0.192 e. The molecule has 0 unspecified atom stereocenters. The molecule has 1 heterocycles. The minimum atomic E-state index is -0.342. The van der Waals surface area contributed by atoms with Crippen molar-refractivity contribution in [1.82, 2.24) is 14.8 Å². The fourth-order valence-electron chi connectivity index (χ4n) is 1.85. The van der Waals surface area contributed by atoms with Crippen LogP contribution in [-0.2, 0) is 11.3 Å². The van der Waals surface area contributed by atoms with E-state index in [4.69, 9.17) is 0 Å². The maximum Gasteiger partial charge on any atom is 0.192 e. The van der Waals surface area contributed by atoms with Gasteiger partial charge in [-0.1, -0.05) is 66.7 Å². The van der Waals surface area contributed by atoms with Crippen molar-refractivity contribution < 1.29 is 4.79 Å². The SMILES string of the molecule is C=CCn1c(SCC(=O)C(C)(C)C)nnc1-c1ccc(Br)cc1. The van der Waals surface area contributed by atoms with Crippen LogP contribution in [0, 0.1) is 5.41 Å². The van der Waals surface area contributed by atoms with E-state index in [1.807, 2.05) is 49.6 Å². The maximum atomic E-state index is 12.1. The van der Waals surface area contributed by atoms with Gasteiger partial charge in [0.25, 0.3) is 0 Å². The Bertz CT molecular complexity index is 702. The molecule has 0 bridgehead atoms. The number of hydrogen-bond acceptors (Lipinski definition) is 4. The van der Waals surface area contributed by atoms with Crippen LogP contribution >= 0.6 is 27.7 Å². The number of benzene rings is 1. The predicted molar refractivity (Wildman–Crippen MR) is 98.5 cm³/mol. The molecule has 2 aromatic rings. The van der Waals surface area contributed by atoms with Crippen molar-refractivity contribution in [3.05, 3.63) is 41.4 Å². The average molecular weight is 394 g/mol. The second-order valence-corrected chi connectivity index (χ2v) is 8.03. The zero-order valence-corrected chi connectivity index (χ0v) is 15.9. The summed E-state index contributed by atoms with van der Waals surface area (Å²) < 4.78 is 3.00. The average Bonchev–Trinajstić information content (AvgIpc) is 2.88. The molecule has 2 rings (SSSR count). The second-order valence-electron chi connectivity index (χ2n) is 6.17.